The second-order valence-electron chi connectivity index (χ2n) is 9.12. The molecule has 0 spiro atoms. The van der Waals surface area contributed by atoms with Crippen LogP contribution in [-0.4, -0.2) is 51.1 Å². The number of likely N-dealkylation sites (N-methyl/N-ethyl adjacent to an activating group) is 1. The van der Waals surface area contributed by atoms with E-state index in [9.17, 15) is 4.79 Å². The highest BCUT2D eigenvalue weighted by Crippen LogP contribution is 2.35. The van der Waals surface area contributed by atoms with Gasteiger partial charge in [-0.3, -0.25) is 4.79 Å². The smallest absolute Gasteiger partial charge is 0.229 e. The van der Waals surface area contributed by atoms with Crippen LogP contribution in [0.2, 0.25) is 0 Å². The maximum atomic E-state index is 11.9. The van der Waals surface area contributed by atoms with E-state index in [1.54, 1.807) is 20.2 Å². The summed E-state index contributed by atoms with van der Waals surface area (Å²) in [5, 5.41) is 8.87. The summed E-state index contributed by atoms with van der Waals surface area (Å²) in [6.45, 7) is 3.67. The maximum Gasteiger partial charge on any atom is 0.229 e. The SMILES string of the molecule is COc1cc2c(cc1Nc1ncc3cnn(C4CCCC(C(C)=O)C4)c3n1)CN(C)CC2. The molecule has 8 heteroatoms. The van der Waals surface area contributed by atoms with Crippen LogP contribution in [0, 0.1) is 5.92 Å². The molecule has 8 nitrogen and oxygen atoms in total. The summed E-state index contributed by atoms with van der Waals surface area (Å²) >= 11 is 0. The van der Waals surface area contributed by atoms with Crippen molar-refractivity contribution >= 4 is 28.5 Å². The van der Waals surface area contributed by atoms with Gasteiger partial charge in [0.1, 0.15) is 11.5 Å². The lowest BCUT2D eigenvalue weighted by Gasteiger charge is -2.28. The lowest BCUT2D eigenvalue weighted by atomic mass is 9.83. The fourth-order valence-electron chi connectivity index (χ4n) is 5.03. The largest absolute Gasteiger partial charge is 0.495 e. The number of hydrogen-bond donors (Lipinski definition) is 1. The van der Waals surface area contributed by atoms with Gasteiger partial charge in [0.2, 0.25) is 5.95 Å². The fourth-order valence-corrected chi connectivity index (χ4v) is 5.03. The van der Waals surface area contributed by atoms with Crippen LogP contribution in [0.4, 0.5) is 11.6 Å². The van der Waals surface area contributed by atoms with Crippen molar-refractivity contribution in [2.75, 3.05) is 26.0 Å². The molecule has 2 atom stereocenters. The van der Waals surface area contributed by atoms with E-state index in [4.69, 9.17) is 9.72 Å². The molecule has 0 amide bonds. The Balaban J connectivity index is 1.45. The summed E-state index contributed by atoms with van der Waals surface area (Å²) in [4.78, 5) is 23.6. The van der Waals surface area contributed by atoms with Crippen molar-refractivity contribution in [3.63, 3.8) is 0 Å². The molecule has 1 saturated carbocycles. The topological polar surface area (TPSA) is 85.2 Å². The molecule has 3 heterocycles. The van der Waals surface area contributed by atoms with Crippen LogP contribution in [-0.2, 0) is 17.8 Å². The first-order chi connectivity index (χ1) is 15.5. The summed E-state index contributed by atoms with van der Waals surface area (Å²) in [6, 6.07) is 4.46. The Hall–Kier alpha value is -3.00. The predicted octanol–water partition coefficient (Wildman–Crippen LogP) is 3.89. The third kappa shape index (κ3) is 3.95. The molecule has 5 rings (SSSR count). The predicted molar refractivity (Wildman–Crippen MR) is 123 cm³/mol. The van der Waals surface area contributed by atoms with Crippen LogP contribution in [0.5, 0.6) is 5.75 Å². The van der Waals surface area contributed by atoms with Crippen LogP contribution in [0.1, 0.15) is 49.8 Å². The van der Waals surface area contributed by atoms with Gasteiger partial charge in [-0.15, -0.1) is 0 Å². The molecular weight excluding hydrogens is 404 g/mol. The minimum absolute atomic E-state index is 0.116. The molecule has 168 valence electrons. The quantitative estimate of drug-likeness (QED) is 0.652. The molecule has 2 aromatic heterocycles. The van der Waals surface area contributed by atoms with Crippen molar-refractivity contribution in [1.82, 2.24) is 24.6 Å². The monoisotopic (exact) mass is 434 g/mol. The number of Topliss-reactive ketones (excluding diaryl/α,β-unsaturated/α-hetero) is 1. The Morgan fingerprint density at radius 3 is 2.91 bits per heavy atom. The number of ether oxygens (including phenoxy) is 1. The average Bonchev–Trinajstić information content (AvgIpc) is 3.22. The van der Waals surface area contributed by atoms with Crippen molar-refractivity contribution in [1.29, 1.82) is 0 Å². The summed E-state index contributed by atoms with van der Waals surface area (Å²) in [5.74, 6) is 1.70. The highest BCUT2D eigenvalue weighted by Gasteiger charge is 2.28. The number of anilines is 2. The first-order valence-corrected chi connectivity index (χ1v) is 11.4. The van der Waals surface area contributed by atoms with Crippen LogP contribution < -0.4 is 10.1 Å². The van der Waals surface area contributed by atoms with Crippen molar-refractivity contribution < 1.29 is 9.53 Å². The van der Waals surface area contributed by atoms with E-state index in [1.807, 2.05) is 10.9 Å². The molecule has 0 saturated heterocycles. The van der Waals surface area contributed by atoms with Gasteiger partial charge in [-0.25, -0.2) is 9.67 Å². The Morgan fingerprint density at radius 2 is 2.09 bits per heavy atom. The van der Waals surface area contributed by atoms with Gasteiger partial charge in [0.05, 0.1) is 30.4 Å². The van der Waals surface area contributed by atoms with Gasteiger partial charge >= 0.3 is 0 Å². The summed E-state index contributed by atoms with van der Waals surface area (Å²) in [6.07, 6.45) is 8.48. The minimum atomic E-state index is 0.116. The molecule has 1 aromatic carbocycles. The second-order valence-corrected chi connectivity index (χ2v) is 9.12. The zero-order chi connectivity index (χ0) is 22.2. The molecule has 1 N–H and O–H groups in total. The number of benzene rings is 1. The molecular formula is C24H30N6O2. The number of nitrogens with one attached hydrogen (secondary N) is 1. The second kappa shape index (κ2) is 8.50. The van der Waals surface area contributed by atoms with Crippen molar-refractivity contribution in [2.24, 2.45) is 5.92 Å². The van der Waals surface area contributed by atoms with Gasteiger partial charge in [0.25, 0.3) is 0 Å². The Bertz CT molecular complexity index is 1160. The molecule has 1 aliphatic heterocycles. The van der Waals surface area contributed by atoms with E-state index >= 15 is 0 Å². The molecule has 32 heavy (non-hydrogen) atoms. The number of nitrogens with zero attached hydrogens (tertiary/aromatic N) is 5. The summed E-state index contributed by atoms with van der Waals surface area (Å²) in [7, 11) is 3.83. The number of aromatic nitrogens is 4. The Kier molecular flexibility index (Phi) is 5.55. The molecule has 2 aliphatic rings. The normalized spacial score (nSPS) is 21.3. The van der Waals surface area contributed by atoms with Gasteiger partial charge < -0.3 is 15.0 Å². The molecule has 1 fully saturated rings. The molecule has 1 aliphatic carbocycles. The third-order valence-corrected chi connectivity index (χ3v) is 6.87. The number of rotatable bonds is 5. The Morgan fingerprint density at radius 1 is 1.22 bits per heavy atom. The van der Waals surface area contributed by atoms with Crippen molar-refractivity contribution in [3.05, 3.63) is 35.7 Å². The lowest BCUT2D eigenvalue weighted by Crippen LogP contribution is -2.26. The number of ketones is 1. The van der Waals surface area contributed by atoms with E-state index in [2.05, 4.69) is 39.5 Å². The van der Waals surface area contributed by atoms with E-state index < -0.39 is 0 Å². The molecule has 0 bridgehead atoms. The van der Waals surface area contributed by atoms with Crippen molar-refractivity contribution in [3.8, 4) is 5.75 Å². The standard InChI is InChI=1S/C24H30N6O2/c1-15(31)16-5-4-6-20(9-16)30-23-19(13-26-30)12-25-24(28-23)27-21-10-18-14-29(2)8-7-17(18)11-22(21)32-3/h10-13,16,20H,4-9,14H2,1-3H3,(H,25,27,28). The number of fused-ring (bicyclic) bond motifs is 2. The average molecular weight is 435 g/mol. The van der Waals surface area contributed by atoms with Crippen LogP contribution >= 0.6 is 0 Å². The van der Waals surface area contributed by atoms with Crippen LogP contribution in [0.15, 0.2) is 24.5 Å². The van der Waals surface area contributed by atoms with E-state index in [-0.39, 0.29) is 17.7 Å². The first-order valence-electron chi connectivity index (χ1n) is 11.4. The van der Waals surface area contributed by atoms with Gasteiger partial charge in [-0.1, -0.05) is 6.42 Å². The maximum absolute atomic E-state index is 11.9. The van der Waals surface area contributed by atoms with E-state index in [1.165, 1.54) is 11.1 Å². The van der Waals surface area contributed by atoms with Gasteiger partial charge in [0.15, 0.2) is 5.65 Å². The summed E-state index contributed by atoms with van der Waals surface area (Å²) < 4.78 is 7.64. The van der Waals surface area contributed by atoms with Gasteiger partial charge in [-0.05, 0) is 62.9 Å². The third-order valence-electron chi connectivity index (χ3n) is 6.87. The van der Waals surface area contributed by atoms with Crippen LogP contribution in [0.25, 0.3) is 11.0 Å². The number of methoxy groups -OCH3 is 1. The lowest BCUT2D eigenvalue weighted by molar-refractivity contribution is -0.122. The Labute approximate surface area is 188 Å². The number of carbonyl (C=O) groups is 1. The number of hydrogen-bond acceptors (Lipinski definition) is 7. The molecule has 0 radical (unpaired) electrons. The van der Waals surface area contributed by atoms with Crippen LogP contribution in [0.3, 0.4) is 0 Å². The van der Waals surface area contributed by atoms with E-state index in [0.717, 1.165) is 67.7 Å². The first kappa shape index (κ1) is 20.9. The fraction of sp³-hybridized carbons (Fsp3) is 0.500. The highest BCUT2D eigenvalue weighted by atomic mass is 16.5. The highest BCUT2D eigenvalue weighted by molar-refractivity contribution is 5.79. The minimum Gasteiger partial charge on any atom is -0.495 e. The summed E-state index contributed by atoms with van der Waals surface area (Å²) in [5.41, 5.74) is 4.29. The molecule has 2 unspecified atom stereocenters. The zero-order valence-corrected chi connectivity index (χ0v) is 19.0. The van der Waals surface area contributed by atoms with Gasteiger partial charge in [-0.2, -0.15) is 10.1 Å². The molecule has 3 aromatic rings. The van der Waals surface area contributed by atoms with Crippen molar-refractivity contribution in [2.45, 2.75) is 51.6 Å². The van der Waals surface area contributed by atoms with Gasteiger partial charge in [0, 0.05) is 25.2 Å². The van der Waals surface area contributed by atoms with E-state index in [0.29, 0.717) is 5.95 Å². The number of carbonyl (C=O) groups excluding carboxylic acids is 1. The zero-order valence-electron chi connectivity index (χ0n) is 19.0.